The van der Waals surface area contributed by atoms with E-state index in [1.807, 2.05) is 18.9 Å². The molecule has 1 aromatic carbocycles. The standard InChI is InChI=1S/C28H32BrClFN5O4/c1-13-10-35-18(12-34(13)27(39)40-28(2,3)4)26(38)36-11-15(17-7-6-8-33(17)5)25(37)22-24(36)23(35)14-9-16(30)19(29)20(31)21(14)32-22/h9,13,15,17-18H,6-8,10-12H2,1-5H3/t13-,15-,17+,18-/m1/s1. The molecule has 0 N–H and O–H groups in total. The van der Waals surface area contributed by atoms with Gasteiger partial charge in [0.15, 0.2) is 11.6 Å². The Morgan fingerprint density at radius 3 is 2.58 bits per heavy atom. The minimum Gasteiger partial charge on any atom is -0.444 e. The third-order valence-electron chi connectivity index (χ3n) is 8.53. The van der Waals surface area contributed by atoms with Gasteiger partial charge in [-0.3, -0.25) is 9.59 Å². The van der Waals surface area contributed by atoms with Crippen LogP contribution in [0.4, 0.5) is 20.6 Å². The smallest absolute Gasteiger partial charge is 0.410 e. The Morgan fingerprint density at radius 2 is 1.93 bits per heavy atom. The molecule has 2 saturated heterocycles. The number of likely N-dealkylation sites (tertiary alicyclic amines) is 1. The van der Waals surface area contributed by atoms with Crippen LogP contribution < -0.4 is 9.80 Å². The summed E-state index contributed by atoms with van der Waals surface area (Å²) in [5.41, 5.74) is 0.408. The molecule has 4 aliphatic rings. The van der Waals surface area contributed by atoms with Crippen molar-refractivity contribution in [3.05, 3.63) is 27.1 Å². The number of piperazine rings is 1. The van der Waals surface area contributed by atoms with Crippen LogP contribution in [-0.2, 0) is 9.53 Å². The Labute approximate surface area is 245 Å². The second-order valence-electron chi connectivity index (χ2n) is 12.3. The van der Waals surface area contributed by atoms with Gasteiger partial charge in [-0.2, -0.15) is 0 Å². The number of hydrogen-bond donors (Lipinski definition) is 0. The molecule has 5 heterocycles. The topological polar surface area (TPSA) is 86.3 Å². The normalized spacial score (nSPS) is 26.9. The number of nitrogens with zero attached hydrogens (tertiary/aromatic N) is 5. The van der Waals surface area contributed by atoms with Crippen molar-refractivity contribution in [2.24, 2.45) is 5.92 Å². The third-order valence-corrected chi connectivity index (χ3v) is 9.83. The van der Waals surface area contributed by atoms with Gasteiger partial charge < -0.3 is 24.3 Å². The number of halogens is 3. The molecular weight excluding hydrogens is 605 g/mol. The fourth-order valence-corrected chi connectivity index (χ4v) is 7.17. The van der Waals surface area contributed by atoms with Crippen LogP contribution in [0.3, 0.4) is 0 Å². The highest BCUT2D eigenvalue weighted by Gasteiger charge is 2.52. The highest BCUT2D eigenvalue weighted by molar-refractivity contribution is 9.10. The Morgan fingerprint density at radius 1 is 1.20 bits per heavy atom. The molecule has 0 aliphatic carbocycles. The lowest BCUT2D eigenvalue weighted by atomic mass is 9.84. The number of ether oxygens (including phenoxy) is 1. The van der Waals surface area contributed by atoms with Crippen molar-refractivity contribution in [3.8, 4) is 0 Å². The first-order valence-corrected chi connectivity index (χ1v) is 14.8. The van der Waals surface area contributed by atoms with E-state index in [1.54, 1.807) is 36.6 Å². The molecule has 2 aromatic rings. The van der Waals surface area contributed by atoms with Crippen LogP contribution in [0.15, 0.2) is 10.5 Å². The van der Waals surface area contributed by atoms with Crippen molar-refractivity contribution in [1.29, 1.82) is 0 Å². The highest BCUT2D eigenvalue weighted by atomic mass is 79.9. The molecule has 2 fully saturated rings. The van der Waals surface area contributed by atoms with E-state index in [1.165, 1.54) is 0 Å². The predicted molar refractivity (Wildman–Crippen MR) is 154 cm³/mol. The first kappa shape index (κ1) is 27.7. The van der Waals surface area contributed by atoms with Crippen molar-refractivity contribution >= 4 is 67.6 Å². The van der Waals surface area contributed by atoms with Crippen molar-refractivity contribution in [1.82, 2.24) is 14.8 Å². The van der Waals surface area contributed by atoms with E-state index < -0.39 is 29.5 Å². The second kappa shape index (κ2) is 9.52. The number of ketones is 1. The summed E-state index contributed by atoms with van der Waals surface area (Å²) in [6.45, 7) is 8.74. The molecule has 0 radical (unpaired) electrons. The lowest BCUT2D eigenvalue weighted by molar-refractivity contribution is -0.121. The summed E-state index contributed by atoms with van der Waals surface area (Å²) in [6.07, 6.45) is 1.30. The molecule has 2 amide bonds. The van der Waals surface area contributed by atoms with Gasteiger partial charge >= 0.3 is 6.09 Å². The van der Waals surface area contributed by atoms with Crippen molar-refractivity contribution in [2.75, 3.05) is 43.0 Å². The Kier molecular flexibility index (Phi) is 6.59. The molecular formula is C28H32BrClFN5O4. The summed E-state index contributed by atoms with van der Waals surface area (Å²) in [5, 5.41) is 0.588. The van der Waals surface area contributed by atoms with Gasteiger partial charge in [-0.1, -0.05) is 11.6 Å². The highest BCUT2D eigenvalue weighted by Crippen LogP contribution is 2.50. The maximum Gasteiger partial charge on any atom is 0.410 e. The number of carbonyl (C=O) groups is 3. The first-order valence-electron chi connectivity index (χ1n) is 13.6. The molecule has 1 aromatic heterocycles. The number of pyridine rings is 1. The van der Waals surface area contributed by atoms with Gasteiger partial charge in [0.25, 0.3) is 5.91 Å². The molecule has 4 aliphatic heterocycles. The molecule has 4 atom stereocenters. The van der Waals surface area contributed by atoms with E-state index in [4.69, 9.17) is 16.3 Å². The molecule has 6 rings (SSSR count). The zero-order chi connectivity index (χ0) is 28.8. The lowest BCUT2D eigenvalue weighted by Gasteiger charge is -2.52. The monoisotopic (exact) mass is 635 g/mol. The fourth-order valence-electron chi connectivity index (χ4n) is 6.67. The molecule has 40 heavy (non-hydrogen) atoms. The summed E-state index contributed by atoms with van der Waals surface area (Å²) in [4.78, 5) is 53.2. The number of amides is 2. The quantitative estimate of drug-likeness (QED) is 0.414. The van der Waals surface area contributed by atoms with E-state index >= 15 is 4.39 Å². The van der Waals surface area contributed by atoms with Crippen LogP contribution in [0.1, 0.15) is 51.0 Å². The van der Waals surface area contributed by atoms with Crippen LogP contribution in [0.5, 0.6) is 0 Å². The van der Waals surface area contributed by atoms with Crippen LogP contribution >= 0.6 is 27.5 Å². The third kappa shape index (κ3) is 4.18. The average Bonchev–Trinajstić information content (AvgIpc) is 3.30. The number of benzene rings is 1. The van der Waals surface area contributed by atoms with E-state index in [2.05, 4.69) is 25.8 Å². The first-order chi connectivity index (χ1) is 18.8. The number of carbonyl (C=O) groups excluding carboxylic acids is 3. The van der Waals surface area contributed by atoms with E-state index in [-0.39, 0.29) is 64.1 Å². The molecule has 0 bridgehead atoms. The van der Waals surface area contributed by atoms with Gasteiger partial charge in [-0.15, -0.1) is 0 Å². The van der Waals surface area contributed by atoms with Gasteiger partial charge in [-0.25, -0.2) is 14.2 Å². The van der Waals surface area contributed by atoms with E-state index in [9.17, 15) is 14.4 Å². The second-order valence-corrected chi connectivity index (χ2v) is 13.5. The average molecular weight is 637 g/mol. The van der Waals surface area contributed by atoms with Gasteiger partial charge in [0.1, 0.15) is 22.9 Å². The zero-order valence-corrected chi connectivity index (χ0v) is 25.5. The maximum absolute atomic E-state index is 15.7. The summed E-state index contributed by atoms with van der Waals surface area (Å²) >= 11 is 9.63. The number of hydrogen-bond acceptors (Lipinski definition) is 7. The minimum atomic E-state index is -0.740. The Bertz CT molecular complexity index is 1460. The SMILES string of the molecule is C[C@@H]1CN2c3c4c(nc5c(F)c(Br)c(Cl)cc35)C(=O)[C@@H]([C@@H]3CCCN3C)CN4C(=O)[C@H]2CN1C(=O)OC(C)(C)C. The molecule has 0 saturated carbocycles. The van der Waals surface area contributed by atoms with Gasteiger partial charge in [0, 0.05) is 30.6 Å². The lowest BCUT2D eigenvalue weighted by Crippen LogP contribution is -2.68. The van der Waals surface area contributed by atoms with Crippen LogP contribution in [0.25, 0.3) is 10.9 Å². The number of fused-ring (bicyclic) bond motifs is 4. The maximum atomic E-state index is 15.7. The molecule has 0 spiro atoms. The van der Waals surface area contributed by atoms with E-state index in [0.717, 1.165) is 19.4 Å². The molecule has 0 unspecified atom stereocenters. The predicted octanol–water partition coefficient (Wildman–Crippen LogP) is 4.86. The van der Waals surface area contributed by atoms with Crippen molar-refractivity contribution in [3.63, 3.8) is 0 Å². The summed E-state index contributed by atoms with van der Waals surface area (Å²) in [5.74, 6) is -1.53. The van der Waals surface area contributed by atoms with Crippen LogP contribution in [0, 0.1) is 11.7 Å². The number of rotatable bonds is 1. The Hall–Kier alpha value is -2.50. The molecule has 9 nitrogen and oxygen atoms in total. The van der Waals surface area contributed by atoms with Crippen LogP contribution in [-0.4, -0.2) is 89.5 Å². The van der Waals surface area contributed by atoms with Crippen molar-refractivity contribution in [2.45, 2.75) is 64.3 Å². The molecule has 214 valence electrons. The Balaban J connectivity index is 1.54. The molecule has 12 heteroatoms. The zero-order valence-electron chi connectivity index (χ0n) is 23.1. The summed E-state index contributed by atoms with van der Waals surface area (Å²) < 4.78 is 21.4. The fraction of sp³-hybridized carbons (Fsp3) is 0.571. The minimum absolute atomic E-state index is 0.0223. The summed E-state index contributed by atoms with van der Waals surface area (Å²) in [6, 6.07) is 0.526. The van der Waals surface area contributed by atoms with Gasteiger partial charge in [0.2, 0.25) is 0 Å². The van der Waals surface area contributed by atoms with Crippen molar-refractivity contribution < 1.29 is 23.5 Å². The van der Waals surface area contributed by atoms with Gasteiger partial charge in [0.05, 0.1) is 33.3 Å². The summed E-state index contributed by atoms with van der Waals surface area (Å²) in [7, 11) is 1.99. The van der Waals surface area contributed by atoms with Crippen LogP contribution in [0.2, 0.25) is 5.02 Å². The van der Waals surface area contributed by atoms with E-state index in [0.29, 0.717) is 16.8 Å². The number of Topliss-reactive ketones (excluding diaryl/α,β-unsaturated/α-hetero) is 1. The largest absolute Gasteiger partial charge is 0.444 e. The van der Waals surface area contributed by atoms with Gasteiger partial charge in [-0.05, 0) is 76.1 Å². The number of anilines is 2. The number of aromatic nitrogens is 1.